The molecule has 0 aromatic carbocycles. The first kappa shape index (κ1) is 11.0. The van der Waals surface area contributed by atoms with Crippen LogP contribution >= 0.6 is 0 Å². The molecule has 2 heteroatoms. The van der Waals surface area contributed by atoms with Crippen LogP contribution in [-0.2, 0) is 4.74 Å². The lowest BCUT2D eigenvalue weighted by Crippen LogP contribution is -2.32. The number of ether oxygens (including phenoxy) is 1. The maximum absolute atomic E-state index is 5.64. The fourth-order valence-corrected chi connectivity index (χ4v) is 1.64. The first-order valence-electron chi connectivity index (χ1n) is 5.57. The van der Waals surface area contributed by atoms with Crippen molar-refractivity contribution in [3.63, 3.8) is 0 Å². The summed E-state index contributed by atoms with van der Waals surface area (Å²) in [6.07, 6.45) is 3.85. The monoisotopic (exact) mass is 185 g/mol. The maximum Gasteiger partial charge on any atom is 0.0506 e. The topological polar surface area (TPSA) is 21.3 Å². The zero-order valence-corrected chi connectivity index (χ0v) is 9.01. The van der Waals surface area contributed by atoms with Gasteiger partial charge in [-0.25, -0.2) is 0 Å². The normalized spacial score (nSPS) is 23.8. The van der Waals surface area contributed by atoms with E-state index in [9.17, 15) is 0 Å². The number of rotatable bonds is 5. The molecule has 1 aliphatic rings. The van der Waals surface area contributed by atoms with Crippen molar-refractivity contribution in [1.82, 2.24) is 5.32 Å². The Hall–Kier alpha value is -0.0800. The van der Waals surface area contributed by atoms with E-state index in [1.165, 1.54) is 25.8 Å². The van der Waals surface area contributed by atoms with Gasteiger partial charge in [0.1, 0.15) is 0 Å². The van der Waals surface area contributed by atoms with Crippen LogP contribution in [0.3, 0.4) is 0 Å². The van der Waals surface area contributed by atoms with E-state index in [1.807, 2.05) is 0 Å². The van der Waals surface area contributed by atoms with Crippen molar-refractivity contribution in [1.29, 1.82) is 0 Å². The van der Waals surface area contributed by atoms with Crippen molar-refractivity contribution in [3.8, 4) is 0 Å². The van der Waals surface area contributed by atoms with Gasteiger partial charge in [0.15, 0.2) is 0 Å². The van der Waals surface area contributed by atoms with E-state index in [0.29, 0.717) is 0 Å². The number of hydrogen-bond donors (Lipinski definition) is 1. The summed E-state index contributed by atoms with van der Waals surface area (Å²) in [5.74, 6) is 1.53. The average Bonchev–Trinajstić information content (AvgIpc) is 2.14. The van der Waals surface area contributed by atoms with E-state index in [-0.39, 0.29) is 0 Å². The van der Waals surface area contributed by atoms with E-state index in [1.54, 1.807) is 0 Å². The van der Waals surface area contributed by atoms with Gasteiger partial charge in [0.05, 0.1) is 6.61 Å². The predicted octanol–water partition coefficient (Wildman–Crippen LogP) is 2.05. The highest BCUT2D eigenvalue weighted by Gasteiger charge is 2.12. The largest absolute Gasteiger partial charge is 0.381 e. The van der Waals surface area contributed by atoms with E-state index in [4.69, 9.17) is 4.74 Å². The number of nitrogens with one attached hydrogen (secondary N) is 1. The second kappa shape index (κ2) is 6.39. The lowest BCUT2D eigenvalue weighted by atomic mass is 10.0. The fourth-order valence-electron chi connectivity index (χ4n) is 1.64. The third-order valence-corrected chi connectivity index (χ3v) is 2.59. The number of piperidine rings is 1. The second-order valence-electron chi connectivity index (χ2n) is 4.47. The lowest BCUT2D eigenvalue weighted by Gasteiger charge is -2.22. The lowest BCUT2D eigenvalue weighted by molar-refractivity contribution is 0.0825. The SMILES string of the molecule is CC(C)CCOC[C@@H]1CCCNC1. The Bertz CT molecular complexity index is 119. The van der Waals surface area contributed by atoms with Gasteiger partial charge < -0.3 is 10.1 Å². The molecule has 0 aromatic rings. The van der Waals surface area contributed by atoms with Crippen LogP contribution in [0.1, 0.15) is 33.1 Å². The Morgan fingerprint density at radius 3 is 2.92 bits per heavy atom. The van der Waals surface area contributed by atoms with Gasteiger partial charge in [-0.05, 0) is 37.6 Å². The van der Waals surface area contributed by atoms with Gasteiger partial charge in [0.2, 0.25) is 0 Å². The summed E-state index contributed by atoms with van der Waals surface area (Å²) in [6, 6.07) is 0. The van der Waals surface area contributed by atoms with Gasteiger partial charge >= 0.3 is 0 Å². The Labute approximate surface area is 82.0 Å². The van der Waals surface area contributed by atoms with Crippen molar-refractivity contribution < 1.29 is 4.74 Å². The molecule has 0 unspecified atom stereocenters. The Balaban J connectivity index is 1.92. The molecule has 0 radical (unpaired) electrons. The molecule has 78 valence electrons. The highest BCUT2D eigenvalue weighted by atomic mass is 16.5. The van der Waals surface area contributed by atoms with Crippen LogP contribution in [-0.4, -0.2) is 26.3 Å². The standard InChI is InChI=1S/C11H23NO/c1-10(2)5-7-13-9-11-4-3-6-12-8-11/h10-12H,3-9H2,1-2H3/t11-/m1/s1. The van der Waals surface area contributed by atoms with Gasteiger partial charge in [-0.2, -0.15) is 0 Å². The van der Waals surface area contributed by atoms with Crippen molar-refractivity contribution >= 4 is 0 Å². The summed E-state index contributed by atoms with van der Waals surface area (Å²) in [7, 11) is 0. The third-order valence-electron chi connectivity index (χ3n) is 2.59. The van der Waals surface area contributed by atoms with Crippen LogP contribution in [0.2, 0.25) is 0 Å². The minimum absolute atomic E-state index is 0.765. The van der Waals surface area contributed by atoms with Crippen LogP contribution in [0.5, 0.6) is 0 Å². The molecule has 0 saturated carbocycles. The summed E-state index contributed by atoms with van der Waals surface area (Å²) in [5.41, 5.74) is 0. The molecular formula is C11H23NO. The number of hydrogen-bond acceptors (Lipinski definition) is 2. The second-order valence-corrected chi connectivity index (χ2v) is 4.47. The maximum atomic E-state index is 5.64. The zero-order valence-electron chi connectivity index (χ0n) is 9.01. The molecule has 0 spiro atoms. The molecular weight excluding hydrogens is 162 g/mol. The molecule has 2 nitrogen and oxygen atoms in total. The van der Waals surface area contributed by atoms with Crippen molar-refractivity contribution in [2.24, 2.45) is 11.8 Å². The molecule has 1 rings (SSSR count). The summed E-state index contributed by atoms with van der Waals surface area (Å²) in [5, 5.41) is 3.40. The zero-order chi connectivity index (χ0) is 9.52. The Kier molecular flexibility index (Phi) is 5.40. The summed E-state index contributed by atoms with van der Waals surface area (Å²) in [6.45, 7) is 8.73. The Morgan fingerprint density at radius 2 is 2.31 bits per heavy atom. The molecule has 0 bridgehead atoms. The van der Waals surface area contributed by atoms with E-state index in [0.717, 1.165) is 31.6 Å². The molecule has 1 saturated heterocycles. The smallest absolute Gasteiger partial charge is 0.0506 e. The molecule has 1 N–H and O–H groups in total. The molecule has 1 atom stereocenters. The van der Waals surface area contributed by atoms with Gasteiger partial charge in [-0.1, -0.05) is 13.8 Å². The quantitative estimate of drug-likeness (QED) is 0.662. The minimum Gasteiger partial charge on any atom is -0.381 e. The molecule has 0 aromatic heterocycles. The summed E-state index contributed by atoms with van der Waals surface area (Å²) < 4.78 is 5.64. The van der Waals surface area contributed by atoms with Gasteiger partial charge in [-0.15, -0.1) is 0 Å². The molecule has 0 amide bonds. The predicted molar refractivity (Wildman–Crippen MR) is 55.9 cm³/mol. The van der Waals surface area contributed by atoms with Gasteiger partial charge in [0.25, 0.3) is 0 Å². The van der Waals surface area contributed by atoms with E-state index >= 15 is 0 Å². The summed E-state index contributed by atoms with van der Waals surface area (Å²) >= 11 is 0. The van der Waals surface area contributed by atoms with Crippen LogP contribution in [0.15, 0.2) is 0 Å². The van der Waals surface area contributed by atoms with E-state index in [2.05, 4.69) is 19.2 Å². The highest BCUT2D eigenvalue weighted by molar-refractivity contribution is 4.68. The van der Waals surface area contributed by atoms with E-state index < -0.39 is 0 Å². The molecule has 13 heavy (non-hydrogen) atoms. The minimum atomic E-state index is 0.765. The van der Waals surface area contributed by atoms with Crippen LogP contribution in [0.4, 0.5) is 0 Å². The third kappa shape index (κ3) is 5.27. The van der Waals surface area contributed by atoms with Gasteiger partial charge in [-0.3, -0.25) is 0 Å². The highest BCUT2D eigenvalue weighted by Crippen LogP contribution is 2.10. The van der Waals surface area contributed by atoms with Crippen LogP contribution in [0, 0.1) is 11.8 Å². The van der Waals surface area contributed by atoms with Crippen LogP contribution in [0.25, 0.3) is 0 Å². The summed E-state index contributed by atoms with van der Waals surface area (Å²) in [4.78, 5) is 0. The first-order chi connectivity index (χ1) is 6.29. The molecule has 1 fully saturated rings. The van der Waals surface area contributed by atoms with Gasteiger partial charge in [0, 0.05) is 13.2 Å². The molecule has 1 aliphatic heterocycles. The molecule has 0 aliphatic carbocycles. The van der Waals surface area contributed by atoms with Crippen molar-refractivity contribution in [2.45, 2.75) is 33.1 Å². The molecule has 1 heterocycles. The van der Waals surface area contributed by atoms with Crippen molar-refractivity contribution in [2.75, 3.05) is 26.3 Å². The fraction of sp³-hybridized carbons (Fsp3) is 1.00. The Morgan fingerprint density at radius 1 is 1.46 bits per heavy atom. The van der Waals surface area contributed by atoms with Crippen molar-refractivity contribution in [3.05, 3.63) is 0 Å². The van der Waals surface area contributed by atoms with Crippen LogP contribution < -0.4 is 5.32 Å². The average molecular weight is 185 g/mol. The first-order valence-corrected chi connectivity index (χ1v) is 5.57.